The predicted octanol–water partition coefficient (Wildman–Crippen LogP) is 4.64. The number of nitrogens with zero attached hydrogens (tertiary/aromatic N) is 4. The van der Waals surface area contributed by atoms with Crippen LogP contribution in [0.25, 0.3) is 0 Å². The molecule has 4 aromatic rings. The third-order valence-corrected chi connectivity index (χ3v) is 10.5. The summed E-state index contributed by atoms with van der Waals surface area (Å²) in [5, 5.41) is 21.0. The molecule has 4 amide bonds. The molecule has 1 aromatic heterocycles. The van der Waals surface area contributed by atoms with E-state index in [9.17, 15) is 28.7 Å². The topological polar surface area (TPSA) is 147 Å². The molecule has 2 unspecified atom stereocenters. The quantitative estimate of drug-likeness (QED) is 0.173. The summed E-state index contributed by atoms with van der Waals surface area (Å²) in [6.45, 7) is 2.50. The molecule has 2 fully saturated rings. The maximum absolute atomic E-state index is 14.4. The second-order valence-electron chi connectivity index (χ2n) is 13.2. The van der Waals surface area contributed by atoms with Crippen LogP contribution in [0.15, 0.2) is 72.2 Å². The maximum atomic E-state index is 14.4. The number of halogens is 1. The first-order chi connectivity index (χ1) is 24.6. The van der Waals surface area contributed by atoms with Crippen molar-refractivity contribution in [2.24, 2.45) is 0 Å². The monoisotopic (exact) mass is 711 g/mol. The molecule has 264 valence electrons. The normalized spacial score (nSPS) is 18.5. The third-order valence-electron chi connectivity index (χ3n) is 9.85. The van der Waals surface area contributed by atoms with Crippen molar-refractivity contribution >= 4 is 51.5 Å². The largest absolute Gasteiger partial charge is 0.508 e. The Balaban J connectivity index is 0.976. The van der Waals surface area contributed by atoms with Gasteiger partial charge in [0.25, 0.3) is 11.8 Å². The van der Waals surface area contributed by atoms with Crippen molar-refractivity contribution in [3.8, 4) is 5.75 Å². The van der Waals surface area contributed by atoms with Gasteiger partial charge in [0.2, 0.25) is 11.8 Å². The van der Waals surface area contributed by atoms with Crippen molar-refractivity contribution in [2.45, 2.75) is 56.9 Å². The molecule has 0 spiro atoms. The van der Waals surface area contributed by atoms with E-state index in [-0.39, 0.29) is 35.6 Å². The van der Waals surface area contributed by atoms with Crippen LogP contribution in [0.3, 0.4) is 0 Å². The highest BCUT2D eigenvalue weighted by Crippen LogP contribution is 2.38. The number of carbonyl (C=O) groups is 4. The number of hydrogen-bond donors (Lipinski definition) is 4. The molecule has 3 aliphatic heterocycles. The zero-order valence-corrected chi connectivity index (χ0v) is 28.8. The molecule has 0 bridgehead atoms. The van der Waals surface area contributed by atoms with Gasteiger partial charge in [0.1, 0.15) is 23.7 Å². The van der Waals surface area contributed by atoms with E-state index in [0.717, 1.165) is 67.1 Å². The number of phenolic OH excluding ortho intramolecular Hbond substituents is 1. The van der Waals surface area contributed by atoms with Crippen LogP contribution in [0.5, 0.6) is 5.75 Å². The van der Waals surface area contributed by atoms with Crippen molar-refractivity contribution in [1.82, 2.24) is 20.1 Å². The molecule has 2 saturated heterocycles. The lowest BCUT2D eigenvalue weighted by Crippen LogP contribution is -2.47. The Labute approximate surface area is 298 Å². The Morgan fingerprint density at radius 1 is 1.08 bits per heavy atom. The van der Waals surface area contributed by atoms with Crippen molar-refractivity contribution < 1.29 is 28.7 Å². The number of nitrogens with one attached hydrogen (secondary N) is 3. The number of benzene rings is 3. The van der Waals surface area contributed by atoms with E-state index >= 15 is 0 Å². The lowest BCUT2D eigenvalue weighted by Gasteiger charge is -2.38. The molecular weight excluding hydrogens is 674 g/mol. The number of rotatable bonds is 10. The molecule has 51 heavy (non-hydrogen) atoms. The van der Waals surface area contributed by atoms with Gasteiger partial charge in [0, 0.05) is 72.7 Å². The van der Waals surface area contributed by atoms with Gasteiger partial charge in [-0.3, -0.25) is 34.7 Å². The Morgan fingerprint density at radius 2 is 1.86 bits per heavy atom. The average Bonchev–Trinajstić information content (AvgIpc) is 3.75. The van der Waals surface area contributed by atoms with Gasteiger partial charge in [-0.2, -0.15) is 0 Å². The first-order valence-electron chi connectivity index (χ1n) is 16.9. The van der Waals surface area contributed by atoms with Crippen LogP contribution in [-0.4, -0.2) is 75.7 Å². The van der Waals surface area contributed by atoms with E-state index in [2.05, 4.69) is 37.8 Å². The minimum Gasteiger partial charge on any atom is -0.508 e. The molecule has 4 N–H and O–H groups in total. The van der Waals surface area contributed by atoms with Crippen LogP contribution in [0.4, 0.5) is 20.9 Å². The Hall–Kier alpha value is -5.34. The Bertz CT molecular complexity index is 1950. The summed E-state index contributed by atoms with van der Waals surface area (Å²) in [6.07, 6.45) is 4.21. The fourth-order valence-corrected chi connectivity index (χ4v) is 7.62. The van der Waals surface area contributed by atoms with Crippen LogP contribution in [0.2, 0.25) is 0 Å². The van der Waals surface area contributed by atoms with Gasteiger partial charge in [-0.1, -0.05) is 18.2 Å². The number of amides is 4. The standard InChI is InChI=1S/C37H38FN7O5S/c1-43(20-22-2-6-25(7-3-22)40-30-9-11-32(47)41-34(30)48)26-12-15-44(16-13-26)27-8-4-23-21-45(36(50)28(23)19-27)33(29-18-24(38)5-10-31(29)46)35(49)42-37-39-14-17-51-37/h2-8,10,14,17-19,26,30,33,40,46H,9,11-13,15-16,20-21H2,1H3,(H,39,42,49)(H,41,47,48). The smallest absolute Gasteiger partial charge is 0.255 e. The average molecular weight is 712 g/mol. The fraction of sp³-hybridized carbons (Fsp3) is 0.324. The molecule has 2 atom stereocenters. The summed E-state index contributed by atoms with van der Waals surface area (Å²) in [5.74, 6) is -2.42. The number of anilines is 3. The van der Waals surface area contributed by atoms with E-state index in [1.807, 2.05) is 42.5 Å². The number of fused-ring (bicyclic) bond motifs is 1. The highest BCUT2D eigenvalue weighted by atomic mass is 32.1. The molecule has 7 rings (SSSR count). The minimum atomic E-state index is -1.28. The van der Waals surface area contributed by atoms with Crippen molar-refractivity contribution in [3.05, 3.63) is 100 Å². The molecular formula is C37H38FN7O5S. The van der Waals surface area contributed by atoms with E-state index in [1.54, 1.807) is 11.6 Å². The molecule has 14 heteroatoms. The van der Waals surface area contributed by atoms with E-state index < -0.39 is 23.8 Å². The fourth-order valence-electron chi connectivity index (χ4n) is 7.09. The number of aromatic nitrogens is 1. The lowest BCUT2D eigenvalue weighted by molar-refractivity contribution is -0.133. The highest BCUT2D eigenvalue weighted by molar-refractivity contribution is 7.13. The molecule has 4 heterocycles. The van der Waals surface area contributed by atoms with E-state index in [4.69, 9.17) is 0 Å². The summed E-state index contributed by atoms with van der Waals surface area (Å²) >= 11 is 1.21. The third kappa shape index (κ3) is 7.42. The van der Waals surface area contributed by atoms with Crippen molar-refractivity contribution in [3.63, 3.8) is 0 Å². The molecule has 3 aromatic carbocycles. The first-order valence-corrected chi connectivity index (χ1v) is 17.8. The number of carbonyl (C=O) groups excluding carboxylic acids is 4. The number of hydrogen-bond acceptors (Lipinski definition) is 10. The summed E-state index contributed by atoms with van der Waals surface area (Å²) in [5.41, 5.74) is 4.13. The van der Waals surface area contributed by atoms with Gasteiger partial charge in [0.05, 0.1) is 0 Å². The van der Waals surface area contributed by atoms with Crippen molar-refractivity contribution in [1.29, 1.82) is 0 Å². The van der Waals surface area contributed by atoms with Crippen LogP contribution in [-0.2, 0) is 27.5 Å². The Morgan fingerprint density at radius 3 is 2.59 bits per heavy atom. The van der Waals surface area contributed by atoms with Gasteiger partial charge in [-0.05, 0) is 79.9 Å². The van der Waals surface area contributed by atoms with Crippen LogP contribution in [0, 0.1) is 5.82 Å². The highest BCUT2D eigenvalue weighted by Gasteiger charge is 2.39. The summed E-state index contributed by atoms with van der Waals surface area (Å²) in [7, 11) is 2.12. The van der Waals surface area contributed by atoms with Gasteiger partial charge in [-0.15, -0.1) is 11.3 Å². The van der Waals surface area contributed by atoms with Gasteiger partial charge in [0.15, 0.2) is 5.13 Å². The second-order valence-corrected chi connectivity index (χ2v) is 14.1. The Kier molecular flexibility index (Phi) is 9.69. The summed E-state index contributed by atoms with van der Waals surface area (Å²) in [4.78, 5) is 61.1. The van der Waals surface area contributed by atoms with Crippen molar-refractivity contribution in [2.75, 3.05) is 35.7 Å². The zero-order valence-electron chi connectivity index (χ0n) is 28.0. The molecule has 3 aliphatic rings. The summed E-state index contributed by atoms with van der Waals surface area (Å²) in [6, 6.07) is 15.8. The maximum Gasteiger partial charge on any atom is 0.255 e. The molecule has 0 aliphatic carbocycles. The van der Waals surface area contributed by atoms with Gasteiger partial charge < -0.3 is 20.2 Å². The second kappa shape index (κ2) is 14.5. The number of aromatic hydroxyl groups is 1. The summed E-state index contributed by atoms with van der Waals surface area (Å²) < 4.78 is 14.4. The molecule has 12 nitrogen and oxygen atoms in total. The minimum absolute atomic E-state index is 0.00327. The molecule has 0 saturated carbocycles. The number of piperidine rings is 2. The number of phenols is 1. The SMILES string of the molecule is CN(Cc1ccc(NC2CCC(=O)NC2=O)cc1)C1CCN(c2ccc3c(c2)C(=O)N(C(C(=O)Nc2nccs2)c2cc(F)ccc2O)C3)CC1. The van der Waals surface area contributed by atoms with E-state index in [0.29, 0.717) is 29.6 Å². The lowest BCUT2D eigenvalue weighted by atomic mass is 10.0. The number of thiazole rings is 1. The molecule has 0 radical (unpaired) electrons. The van der Waals surface area contributed by atoms with Crippen LogP contribution in [0.1, 0.15) is 58.8 Å². The van der Waals surface area contributed by atoms with Crippen LogP contribution < -0.4 is 20.9 Å². The van der Waals surface area contributed by atoms with E-state index in [1.165, 1.54) is 22.3 Å². The first kappa shape index (κ1) is 34.1. The van der Waals surface area contributed by atoms with Gasteiger partial charge in [-0.25, -0.2) is 9.37 Å². The van der Waals surface area contributed by atoms with Gasteiger partial charge >= 0.3 is 0 Å². The zero-order chi connectivity index (χ0) is 35.6. The van der Waals surface area contributed by atoms with Crippen LogP contribution >= 0.6 is 11.3 Å². The predicted molar refractivity (Wildman–Crippen MR) is 191 cm³/mol. The number of imide groups is 1.